The molecule has 0 aliphatic carbocycles. The van der Waals surface area contributed by atoms with E-state index >= 15 is 0 Å². The summed E-state index contributed by atoms with van der Waals surface area (Å²) >= 11 is 0. The molecule has 20 heavy (non-hydrogen) atoms. The van der Waals surface area contributed by atoms with E-state index in [9.17, 15) is 21.6 Å². The highest BCUT2D eigenvalue weighted by Crippen LogP contribution is 2.23. The Labute approximate surface area is 115 Å². The summed E-state index contributed by atoms with van der Waals surface area (Å²) in [6, 6.07) is 4.55. The van der Waals surface area contributed by atoms with Gasteiger partial charge in [-0.1, -0.05) is 12.1 Å². The monoisotopic (exact) mass is 311 g/mol. The minimum atomic E-state index is -4.76. The van der Waals surface area contributed by atoms with E-state index in [1.165, 1.54) is 12.1 Å². The van der Waals surface area contributed by atoms with E-state index in [1.54, 1.807) is 6.92 Å². The molecule has 1 atom stereocenters. The van der Waals surface area contributed by atoms with Crippen molar-refractivity contribution in [3.8, 4) is 5.75 Å². The lowest BCUT2D eigenvalue weighted by atomic mass is 10.2. The molecule has 0 radical (unpaired) electrons. The Morgan fingerprint density at radius 1 is 1.25 bits per heavy atom. The molecule has 4 nitrogen and oxygen atoms in total. The van der Waals surface area contributed by atoms with Crippen molar-refractivity contribution in [3.05, 3.63) is 29.8 Å². The zero-order valence-corrected chi connectivity index (χ0v) is 11.7. The van der Waals surface area contributed by atoms with Crippen LogP contribution in [-0.4, -0.2) is 26.6 Å². The zero-order chi connectivity index (χ0) is 15.4. The Hall–Kier alpha value is -1.28. The molecule has 1 unspecified atom stereocenters. The van der Waals surface area contributed by atoms with Crippen LogP contribution < -0.4 is 10.5 Å². The SMILES string of the molecule is CC(N)CCS(=O)(=O)Cc1ccc(OC(F)(F)F)cc1. The summed E-state index contributed by atoms with van der Waals surface area (Å²) < 4.78 is 63.1. The molecule has 0 saturated heterocycles. The number of rotatable bonds is 6. The summed E-state index contributed by atoms with van der Waals surface area (Å²) in [5.41, 5.74) is 5.89. The predicted octanol–water partition coefficient (Wildman–Crippen LogP) is 2.24. The molecule has 2 N–H and O–H groups in total. The van der Waals surface area contributed by atoms with Gasteiger partial charge in [-0.15, -0.1) is 13.2 Å². The van der Waals surface area contributed by atoms with Gasteiger partial charge in [0.25, 0.3) is 0 Å². The fourth-order valence-electron chi connectivity index (χ4n) is 1.48. The number of alkyl halides is 3. The van der Waals surface area contributed by atoms with Gasteiger partial charge in [-0.05, 0) is 31.0 Å². The standard InChI is InChI=1S/C12H16F3NO3S/c1-9(16)6-7-20(17,18)8-10-2-4-11(5-3-10)19-12(13,14)15/h2-5,9H,6-8,16H2,1H3. The number of ether oxygens (including phenoxy) is 1. The maximum atomic E-state index is 12.0. The maximum absolute atomic E-state index is 12.0. The molecule has 1 rings (SSSR count). The topological polar surface area (TPSA) is 69.4 Å². The highest BCUT2D eigenvalue weighted by atomic mass is 32.2. The van der Waals surface area contributed by atoms with Crippen molar-refractivity contribution in [1.29, 1.82) is 0 Å². The van der Waals surface area contributed by atoms with Gasteiger partial charge < -0.3 is 10.5 Å². The van der Waals surface area contributed by atoms with Crippen LogP contribution in [0.5, 0.6) is 5.75 Å². The number of nitrogens with two attached hydrogens (primary N) is 1. The maximum Gasteiger partial charge on any atom is 0.573 e. The number of benzene rings is 1. The summed E-state index contributed by atoms with van der Waals surface area (Å²) in [6.45, 7) is 1.71. The normalized spacial score (nSPS) is 14.1. The van der Waals surface area contributed by atoms with Crippen LogP contribution in [0, 0.1) is 0 Å². The average Bonchev–Trinajstić information content (AvgIpc) is 2.27. The van der Waals surface area contributed by atoms with Crippen molar-refractivity contribution < 1.29 is 26.3 Å². The fraction of sp³-hybridized carbons (Fsp3) is 0.500. The van der Waals surface area contributed by atoms with E-state index in [2.05, 4.69) is 4.74 Å². The molecule has 0 aliphatic rings. The van der Waals surface area contributed by atoms with Crippen molar-refractivity contribution in [2.75, 3.05) is 5.75 Å². The first-order valence-electron chi connectivity index (χ1n) is 5.88. The van der Waals surface area contributed by atoms with Crippen molar-refractivity contribution in [1.82, 2.24) is 0 Å². The summed E-state index contributed by atoms with van der Waals surface area (Å²) in [7, 11) is -3.32. The van der Waals surface area contributed by atoms with Crippen LogP contribution in [0.2, 0.25) is 0 Å². The van der Waals surface area contributed by atoms with Gasteiger partial charge in [-0.25, -0.2) is 8.42 Å². The number of hydrogen-bond acceptors (Lipinski definition) is 4. The van der Waals surface area contributed by atoms with E-state index in [1.807, 2.05) is 0 Å². The van der Waals surface area contributed by atoms with Gasteiger partial charge in [0, 0.05) is 6.04 Å². The Morgan fingerprint density at radius 2 is 1.80 bits per heavy atom. The van der Waals surface area contributed by atoms with Gasteiger partial charge >= 0.3 is 6.36 Å². The molecule has 1 aromatic carbocycles. The Balaban J connectivity index is 2.65. The number of sulfone groups is 1. The first-order valence-corrected chi connectivity index (χ1v) is 7.70. The second-order valence-corrected chi connectivity index (χ2v) is 6.73. The van der Waals surface area contributed by atoms with Crippen molar-refractivity contribution in [2.24, 2.45) is 5.73 Å². The van der Waals surface area contributed by atoms with Crippen LogP contribution in [0.15, 0.2) is 24.3 Å². The molecule has 0 heterocycles. The second-order valence-electron chi connectivity index (χ2n) is 4.55. The minimum absolute atomic E-state index is 0.0501. The van der Waals surface area contributed by atoms with Crippen LogP contribution in [0.3, 0.4) is 0 Å². The van der Waals surface area contributed by atoms with Gasteiger partial charge in [0.05, 0.1) is 11.5 Å². The van der Waals surface area contributed by atoms with Gasteiger partial charge in [0.2, 0.25) is 0 Å². The first-order chi connectivity index (χ1) is 9.07. The van der Waals surface area contributed by atoms with E-state index in [0.29, 0.717) is 12.0 Å². The molecular weight excluding hydrogens is 295 g/mol. The lowest BCUT2D eigenvalue weighted by Gasteiger charge is -2.10. The molecule has 114 valence electrons. The van der Waals surface area contributed by atoms with Crippen molar-refractivity contribution in [2.45, 2.75) is 31.5 Å². The summed E-state index contributed by atoms with van der Waals surface area (Å²) in [4.78, 5) is 0. The van der Waals surface area contributed by atoms with Gasteiger partial charge in [-0.3, -0.25) is 0 Å². The molecule has 0 saturated carbocycles. The lowest BCUT2D eigenvalue weighted by Crippen LogP contribution is -2.20. The van der Waals surface area contributed by atoms with Crippen molar-refractivity contribution in [3.63, 3.8) is 0 Å². The molecule has 0 amide bonds. The van der Waals surface area contributed by atoms with Gasteiger partial charge in [0.1, 0.15) is 5.75 Å². The number of hydrogen-bond donors (Lipinski definition) is 1. The molecular formula is C12H16F3NO3S. The van der Waals surface area contributed by atoms with E-state index in [-0.39, 0.29) is 23.3 Å². The third kappa shape index (κ3) is 6.76. The Bertz CT molecular complexity index is 524. The summed E-state index contributed by atoms with van der Waals surface area (Å²) in [5, 5.41) is 0. The quantitative estimate of drug-likeness (QED) is 0.875. The summed E-state index contributed by atoms with van der Waals surface area (Å²) in [5.74, 6) is -0.661. The van der Waals surface area contributed by atoms with Crippen LogP contribution in [0.4, 0.5) is 13.2 Å². The molecule has 1 aromatic rings. The molecule has 0 bridgehead atoms. The predicted molar refractivity (Wildman–Crippen MR) is 68.9 cm³/mol. The van der Waals surface area contributed by atoms with Crippen LogP contribution >= 0.6 is 0 Å². The first kappa shape index (κ1) is 16.8. The van der Waals surface area contributed by atoms with Gasteiger partial charge in [0.15, 0.2) is 9.84 Å². The second kappa shape index (κ2) is 6.45. The summed E-state index contributed by atoms with van der Waals surface area (Å²) in [6.07, 6.45) is -4.41. The molecule has 8 heteroatoms. The largest absolute Gasteiger partial charge is 0.573 e. The molecule has 0 aromatic heterocycles. The minimum Gasteiger partial charge on any atom is -0.406 e. The molecule has 0 fully saturated rings. The van der Waals surface area contributed by atoms with E-state index < -0.39 is 16.2 Å². The molecule has 0 spiro atoms. The smallest absolute Gasteiger partial charge is 0.406 e. The van der Waals surface area contributed by atoms with Gasteiger partial charge in [-0.2, -0.15) is 0 Å². The zero-order valence-electron chi connectivity index (χ0n) is 10.9. The lowest BCUT2D eigenvalue weighted by molar-refractivity contribution is -0.274. The van der Waals surface area contributed by atoms with E-state index in [4.69, 9.17) is 5.73 Å². The third-order valence-electron chi connectivity index (χ3n) is 2.43. The third-order valence-corrected chi connectivity index (χ3v) is 4.06. The van der Waals surface area contributed by atoms with Crippen LogP contribution in [-0.2, 0) is 15.6 Å². The van der Waals surface area contributed by atoms with E-state index in [0.717, 1.165) is 12.1 Å². The molecule has 0 aliphatic heterocycles. The number of halogens is 3. The van der Waals surface area contributed by atoms with Crippen LogP contribution in [0.1, 0.15) is 18.9 Å². The Morgan fingerprint density at radius 3 is 2.25 bits per heavy atom. The highest BCUT2D eigenvalue weighted by molar-refractivity contribution is 7.90. The fourth-order valence-corrected chi connectivity index (χ4v) is 3.05. The van der Waals surface area contributed by atoms with Crippen LogP contribution in [0.25, 0.3) is 0 Å². The Kier molecular flexibility index (Phi) is 5.41. The average molecular weight is 311 g/mol. The highest BCUT2D eigenvalue weighted by Gasteiger charge is 2.31. The van der Waals surface area contributed by atoms with Crippen molar-refractivity contribution >= 4 is 9.84 Å².